The van der Waals surface area contributed by atoms with Crippen LogP contribution in [0.25, 0.3) is 0 Å². The molecule has 0 aliphatic carbocycles. The summed E-state index contributed by atoms with van der Waals surface area (Å²) in [6.45, 7) is 1.90. The summed E-state index contributed by atoms with van der Waals surface area (Å²) >= 11 is 0. The van der Waals surface area contributed by atoms with Crippen LogP contribution in [0.3, 0.4) is 0 Å². The van der Waals surface area contributed by atoms with E-state index in [0.29, 0.717) is 0 Å². The SMILES string of the molecule is CCOC(=O)c1ccc(C#N)c(=O)[nH]1. The van der Waals surface area contributed by atoms with Gasteiger partial charge in [0, 0.05) is 0 Å². The average molecular weight is 192 g/mol. The highest BCUT2D eigenvalue weighted by atomic mass is 16.5. The highest BCUT2D eigenvalue weighted by molar-refractivity contribution is 5.87. The number of aromatic nitrogens is 1. The van der Waals surface area contributed by atoms with Crippen molar-refractivity contribution in [1.82, 2.24) is 4.98 Å². The Morgan fingerprint density at radius 3 is 2.86 bits per heavy atom. The summed E-state index contributed by atoms with van der Waals surface area (Å²) in [6.07, 6.45) is 0. The van der Waals surface area contributed by atoms with E-state index in [1.807, 2.05) is 0 Å². The van der Waals surface area contributed by atoms with Crippen molar-refractivity contribution in [1.29, 1.82) is 5.26 Å². The van der Waals surface area contributed by atoms with E-state index >= 15 is 0 Å². The molecule has 0 radical (unpaired) electrons. The van der Waals surface area contributed by atoms with Crippen molar-refractivity contribution in [2.24, 2.45) is 0 Å². The predicted molar refractivity (Wildman–Crippen MR) is 47.7 cm³/mol. The molecule has 14 heavy (non-hydrogen) atoms. The number of carbonyl (C=O) groups is 1. The molecule has 1 N–H and O–H groups in total. The molecule has 0 aromatic carbocycles. The van der Waals surface area contributed by atoms with Crippen LogP contribution < -0.4 is 5.56 Å². The fourth-order valence-electron chi connectivity index (χ4n) is 0.890. The smallest absolute Gasteiger partial charge is 0.354 e. The maximum atomic E-state index is 11.1. The van der Waals surface area contributed by atoms with Gasteiger partial charge < -0.3 is 9.72 Å². The molecule has 72 valence electrons. The van der Waals surface area contributed by atoms with E-state index < -0.39 is 11.5 Å². The Hall–Kier alpha value is -2.09. The molecule has 0 saturated heterocycles. The van der Waals surface area contributed by atoms with Crippen LogP contribution in [0.2, 0.25) is 0 Å². The van der Waals surface area contributed by atoms with Gasteiger partial charge in [-0.1, -0.05) is 0 Å². The third kappa shape index (κ3) is 1.98. The van der Waals surface area contributed by atoms with E-state index in [4.69, 9.17) is 5.26 Å². The number of hydrogen-bond acceptors (Lipinski definition) is 4. The molecule has 0 saturated carbocycles. The molecule has 0 spiro atoms. The second kappa shape index (κ2) is 4.23. The molecule has 1 aromatic rings. The van der Waals surface area contributed by atoms with Crippen molar-refractivity contribution in [3.05, 3.63) is 33.7 Å². The number of carbonyl (C=O) groups excluding carboxylic acids is 1. The normalized spacial score (nSPS) is 9.14. The third-order valence-corrected chi connectivity index (χ3v) is 1.53. The quantitative estimate of drug-likeness (QED) is 0.688. The first-order chi connectivity index (χ1) is 6.69. The first-order valence-corrected chi connectivity index (χ1v) is 3.99. The zero-order valence-corrected chi connectivity index (χ0v) is 7.53. The molecule has 0 amide bonds. The van der Waals surface area contributed by atoms with Crippen LogP contribution in [0.15, 0.2) is 16.9 Å². The van der Waals surface area contributed by atoms with Gasteiger partial charge in [-0.2, -0.15) is 5.26 Å². The minimum Gasteiger partial charge on any atom is -0.461 e. The second-order valence-corrected chi connectivity index (χ2v) is 2.45. The molecule has 5 nitrogen and oxygen atoms in total. The van der Waals surface area contributed by atoms with Gasteiger partial charge in [0.2, 0.25) is 0 Å². The van der Waals surface area contributed by atoms with Gasteiger partial charge in [-0.3, -0.25) is 4.79 Å². The van der Waals surface area contributed by atoms with Crippen LogP contribution in [0.1, 0.15) is 23.0 Å². The first kappa shape index (κ1) is 9.99. The first-order valence-electron chi connectivity index (χ1n) is 3.99. The molecule has 5 heteroatoms. The number of rotatable bonds is 2. The summed E-state index contributed by atoms with van der Waals surface area (Å²) < 4.78 is 4.66. The van der Waals surface area contributed by atoms with Crippen LogP contribution in [-0.4, -0.2) is 17.6 Å². The largest absolute Gasteiger partial charge is 0.461 e. The van der Waals surface area contributed by atoms with Crippen molar-refractivity contribution in [2.75, 3.05) is 6.61 Å². The minimum absolute atomic E-state index is 0.0296. The number of H-pyrrole nitrogens is 1. The summed E-state index contributed by atoms with van der Waals surface area (Å²) in [5.74, 6) is -0.603. The molecule has 1 aromatic heterocycles. The molecular weight excluding hydrogens is 184 g/mol. The maximum absolute atomic E-state index is 11.1. The fraction of sp³-hybridized carbons (Fsp3) is 0.222. The van der Waals surface area contributed by atoms with Crippen molar-refractivity contribution in [3.63, 3.8) is 0 Å². The Morgan fingerprint density at radius 2 is 2.36 bits per heavy atom. The van der Waals surface area contributed by atoms with Gasteiger partial charge in [0.15, 0.2) is 0 Å². The highest BCUT2D eigenvalue weighted by Crippen LogP contribution is 1.96. The van der Waals surface area contributed by atoms with Gasteiger partial charge in [0.25, 0.3) is 5.56 Å². The zero-order valence-electron chi connectivity index (χ0n) is 7.53. The molecule has 1 rings (SSSR count). The highest BCUT2D eigenvalue weighted by Gasteiger charge is 2.08. The van der Waals surface area contributed by atoms with Gasteiger partial charge in [-0.25, -0.2) is 4.79 Å². The van der Waals surface area contributed by atoms with Gasteiger partial charge in [-0.05, 0) is 19.1 Å². The number of nitrogens with one attached hydrogen (secondary N) is 1. The van der Waals surface area contributed by atoms with Crippen LogP contribution in [0.4, 0.5) is 0 Å². The molecule has 0 fully saturated rings. The van der Waals surface area contributed by atoms with Gasteiger partial charge in [0.1, 0.15) is 17.3 Å². The van der Waals surface area contributed by atoms with E-state index in [2.05, 4.69) is 9.72 Å². The summed E-state index contributed by atoms with van der Waals surface area (Å²) in [7, 11) is 0. The lowest BCUT2D eigenvalue weighted by atomic mass is 10.2. The number of esters is 1. The van der Waals surface area contributed by atoms with Gasteiger partial charge in [-0.15, -0.1) is 0 Å². The molecule has 0 aliphatic rings. The lowest BCUT2D eigenvalue weighted by molar-refractivity contribution is 0.0519. The predicted octanol–water partition coefficient (Wildman–Crippen LogP) is 0.423. The van der Waals surface area contributed by atoms with Crippen LogP contribution in [0, 0.1) is 11.3 Å². The molecule has 0 unspecified atom stereocenters. The zero-order chi connectivity index (χ0) is 10.6. The van der Waals surface area contributed by atoms with Crippen LogP contribution in [-0.2, 0) is 4.74 Å². The van der Waals surface area contributed by atoms with Crippen molar-refractivity contribution in [2.45, 2.75) is 6.92 Å². The molecule has 0 aliphatic heterocycles. The fourth-order valence-corrected chi connectivity index (χ4v) is 0.890. The van der Waals surface area contributed by atoms with Crippen LogP contribution >= 0.6 is 0 Å². The topological polar surface area (TPSA) is 82.9 Å². The molecular formula is C9H8N2O3. The Kier molecular flexibility index (Phi) is 3.02. The number of ether oxygens (including phenoxy) is 1. The number of nitriles is 1. The lowest BCUT2D eigenvalue weighted by Crippen LogP contribution is -2.16. The summed E-state index contributed by atoms with van der Waals surface area (Å²) in [4.78, 5) is 24.5. The standard InChI is InChI=1S/C9H8N2O3/c1-2-14-9(13)7-4-3-6(5-10)8(12)11-7/h3-4H,2H2,1H3,(H,11,12). The van der Waals surface area contributed by atoms with E-state index in [1.54, 1.807) is 13.0 Å². The van der Waals surface area contributed by atoms with Gasteiger partial charge >= 0.3 is 5.97 Å². The second-order valence-electron chi connectivity index (χ2n) is 2.45. The Bertz CT molecular complexity index is 442. The number of nitrogens with zero attached hydrogens (tertiary/aromatic N) is 1. The molecule has 0 bridgehead atoms. The van der Waals surface area contributed by atoms with E-state index in [-0.39, 0.29) is 17.9 Å². The molecule has 0 atom stereocenters. The third-order valence-electron chi connectivity index (χ3n) is 1.53. The average Bonchev–Trinajstić information content (AvgIpc) is 2.18. The van der Waals surface area contributed by atoms with Crippen molar-refractivity contribution >= 4 is 5.97 Å². The maximum Gasteiger partial charge on any atom is 0.354 e. The van der Waals surface area contributed by atoms with E-state index in [9.17, 15) is 9.59 Å². The lowest BCUT2D eigenvalue weighted by Gasteiger charge is -2.00. The number of hydrogen-bond donors (Lipinski definition) is 1. The van der Waals surface area contributed by atoms with Crippen LogP contribution in [0.5, 0.6) is 0 Å². The summed E-state index contributed by atoms with van der Waals surface area (Å²) in [5.41, 5.74) is -0.563. The minimum atomic E-state index is -0.603. The monoisotopic (exact) mass is 192 g/mol. The van der Waals surface area contributed by atoms with Crippen molar-refractivity contribution < 1.29 is 9.53 Å². The van der Waals surface area contributed by atoms with E-state index in [1.165, 1.54) is 12.1 Å². The Morgan fingerprint density at radius 1 is 1.64 bits per heavy atom. The van der Waals surface area contributed by atoms with E-state index in [0.717, 1.165) is 0 Å². The molecule has 1 heterocycles. The number of pyridine rings is 1. The Labute approximate surface area is 79.9 Å². The summed E-state index contributed by atoms with van der Waals surface area (Å²) in [6, 6.07) is 4.33. The van der Waals surface area contributed by atoms with Crippen molar-refractivity contribution in [3.8, 4) is 6.07 Å². The number of aromatic amines is 1. The summed E-state index contributed by atoms with van der Waals surface area (Å²) in [5, 5.41) is 8.47. The Balaban J connectivity index is 3.05. The van der Waals surface area contributed by atoms with Gasteiger partial charge in [0.05, 0.1) is 6.61 Å².